The first-order valence-electron chi connectivity index (χ1n) is 6.51. The number of nitrogen functional groups attached to an aromatic ring is 1. The summed E-state index contributed by atoms with van der Waals surface area (Å²) >= 11 is 0. The first-order valence-corrected chi connectivity index (χ1v) is 6.51. The molecule has 1 heterocycles. The zero-order valence-electron chi connectivity index (χ0n) is 10.6. The lowest BCUT2D eigenvalue weighted by molar-refractivity contribution is 0.411. The molecule has 0 aliphatic heterocycles. The van der Waals surface area contributed by atoms with Crippen LogP contribution in [0.4, 0.5) is 20.4 Å². The highest BCUT2D eigenvalue weighted by Crippen LogP contribution is 2.28. The Morgan fingerprint density at radius 1 is 1.28 bits per heavy atom. The van der Waals surface area contributed by atoms with Crippen molar-refractivity contribution in [3.63, 3.8) is 0 Å². The highest BCUT2D eigenvalue weighted by Gasteiger charge is 2.24. The van der Waals surface area contributed by atoms with Crippen LogP contribution in [0.1, 0.15) is 39.0 Å². The van der Waals surface area contributed by atoms with Crippen molar-refractivity contribution in [2.45, 2.75) is 45.1 Å². The second kappa shape index (κ2) is 5.50. The normalized spacial score (nSPS) is 16.8. The van der Waals surface area contributed by atoms with E-state index in [0.29, 0.717) is 6.54 Å². The minimum absolute atomic E-state index is 0.184. The maximum absolute atomic E-state index is 13.8. The summed E-state index contributed by atoms with van der Waals surface area (Å²) in [6, 6.07) is 1.11. The third-order valence-electron chi connectivity index (χ3n) is 3.57. The maximum atomic E-state index is 13.8. The van der Waals surface area contributed by atoms with E-state index in [-0.39, 0.29) is 17.7 Å². The van der Waals surface area contributed by atoms with E-state index in [1.807, 2.05) is 11.8 Å². The molecular formula is C13H19F2N3. The van der Waals surface area contributed by atoms with Gasteiger partial charge in [0.1, 0.15) is 0 Å². The Morgan fingerprint density at radius 2 is 1.94 bits per heavy atom. The Bertz CT molecular complexity index is 417. The molecule has 18 heavy (non-hydrogen) atoms. The molecule has 0 unspecified atom stereocenters. The van der Waals surface area contributed by atoms with Gasteiger partial charge in [-0.15, -0.1) is 0 Å². The maximum Gasteiger partial charge on any atom is 0.168 e. The predicted molar refractivity (Wildman–Crippen MR) is 68.5 cm³/mol. The van der Waals surface area contributed by atoms with Gasteiger partial charge in [0.25, 0.3) is 0 Å². The minimum Gasteiger partial charge on any atom is -0.381 e. The molecule has 1 aromatic heterocycles. The smallest absolute Gasteiger partial charge is 0.168 e. The Morgan fingerprint density at radius 3 is 2.56 bits per heavy atom. The van der Waals surface area contributed by atoms with E-state index in [4.69, 9.17) is 5.73 Å². The van der Waals surface area contributed by atoms with Crippen molar-refractivity contribution in [2.24, 2.45) is 0 Å². The van der Waals surface area contributed by atoms with Crippen molar-refractivity contribution < 1.29 is 8.78 Å². The molecule has 1 saturated carbocycles. The van der Waals surface area contributed by atoms with Gasteiger partial charge in [-0.1, -0.05) is 19.3 Å². The van der Waals surface area contributed by atoms with Crippen LogP contribution < -0.4 is 10.6 Å². The highest BCUT2D eigenvalue weighted by atomic mass is 19.1. The van der Waals surface area contributed by atoms with E-state index in [1.165, 1.54) is 6.42 Å². The zero-order chi connectivity index (χ0) is 13.1. The van der Waals surface area contributed by atoms with Gasteiger partial charge in [0, 0.05) is 18.7 Å². The lowest BCUT2D eigenvalue weighted by atomic mass is 9.94. The van der Waals surface area contributed by atoms with Crippen molar-refractivity contribution >= 4 is 11.6 Å². The molecule has 0 atom stereocenters. The molecule has 0 amide bonds. The van der Waals surface area contributed by atoms with Crippen LogP contribution in [0.3, 0.4) is 0 Å². The summed E-state index contributed by atoms with van der Waals surface area (Å²) < 4.78 is 26.9. The number of hydrogen-bond acceptors (Lipinski definition) is 3. The summed E-state index contributed by atoms with van der Waals surface area (Å²) in [6.45, 7) is 2.61. The largest absolute Gasteiger partial charge is 0.381 e. The van der Waals surface area contributed by atoms with E-state index in [1.54, 1.807) is 0 Å². The molecule has 2 rings (SSSR count). The number of rotatable bonds is 3. The first kappa shape index (κ1) is 13.1. The Balaban J connectivity index is 2.28. The first-order chi connectivity index (χ1) is 8.63. The standard InChI is InChI=1S/C13H19F2N3/c1-2-18(9-6-4-3-5-7-9)13-11(15)8-10(14)12(16)17-13/h8-9H,2-7H2,1H3,(H2,16,17). The van der Waals surface area contributed by atoms with Crippen LogP contribution in [-0.4, -0.2) is 17.6 Å². The predicted octanol–water partition coefficient (Wildman–Crippen LogP) is 3.10. The SMILES string of the molecule is CCN(c1nc(N)c(F)cc1F)C1CCCCC1. The molecule has 0 spiro atoms. The Hall–Kier alpha value is -1.39. The van der Waals surface area contributed by atoms with Crippen LogP contribution in [0.5, 0.6) is 0 Å². The van der Waals surface area contributed by atoms with Gasteiger partial charge in [0.2, 0.25) is 0 Å². The van der Waals surface area contributed by atoms with Gasteiger partial charge in [-0.2, -0.15) is 0 Å². The topological polar surface area (TPSA) is 42.2 Å². The van der Waals surface area contributed by atoms with Gasteiger partial charge in [-0.05, 0) is 19.8 Å². The van der Waals surface area contributed by atoms with Gasteiger partial charge >= 0.3 is 0 Å². The molecule has 1 aromatic rings. The summed E-state index contributed by atoms with van der Waals surface area (Å²) in [4.78, 5) is 5.78. The molecule has 1 fully saturated rings. The van der Waals surface area contributed by atoms with Crippen molar-refractivity contribution in [3.8, 4) is 0 Å². The third-order valence-corrected chi connectivity index (χ3v) is 3.57. The summed E-state index contributed by atoms with van der Waals surface area (Å²) in [5, 5.41) is 0. The summed E-state index contributed by atoms with van der Waals surface area (Å²) in [5.74, 6) is -1.48. The average Bonchev–Trinajstić information content (AvgIpc) is 2.38. The second-order valence-corrected chi connectivity index (χ2v) is 4.74. The van der Waals surface area contributed by atoms with Crippen molar-refractivity contribution in [1.82, 2.24) is 4.98 Å². The van der Waals surface area contributed by atoms with Crippen LogP contribution >= 0.6 is 0 Å². The van der Waals surface area contributed by atoms with E-state index in [0.717, 1.165) is 31.7 Å². The monoisotopic (exact) mass is 255 g/mol. The number of hydrogen-bond donors (Lipinski definition) is 1. The van der Waals surface area contributed by atoms with Gasteiger partial charge in [0.05, 0.1) is 0 Å². The lowest BCUT2D eigenvalue weighted by Crippen LogP contribution is -2.38. The zero-order valence-corrected chi connectivity index (χ0v) is 10.6. The molecule has 0 saturated heterocycles. The molecule has 1 aliphatic rings. The molecule has 3 nitrogen and oxygen atoms in total. The lowest BCUT2D eigenvalue weighted by Gasteiger charge is -2.34. The number of halogens is 2. The van der Waals surface area contributed by atoms with Gasteiger partial charge in [-0.25, -0.2) is 13.8 Å². The second-order valence-electron chi connectivity index (χ2n) is 4.74. The van der Waals surface area contributed by atoms with Crippen molar-refractivity contribution in [3.05, 3.63) is 17.7 Å². The van der Waals surface area contributed by atoms with Crippen LogP contribution in [0, 0.1) is 11.6 Å². The van der Waals surface area contributed by atoms with Crippen LogP contribution in [0.15, 0.2) is 6.07 Å². The fourth-order valence-electron chi connectivity index (χ4n) is 2.65. The number of anilines is 2. The third kappa shape index (κ3) is 2.54. The molecule has 0 radical (unpaired) electrons. The van der Waals surface area contributed by atoms with Gasteiger partial charge < -0.3 is 10.6 Å². The molecular weight excluding hydrogens is 236 g/mol. The molecule has 0 aromatic carbocycles. The van der Waals surface area contributed by atoms with E-state index < -0.39 is 11.6 Å². The fourth-order valence-corrected chi connectivity index (χ4v) is 2.65. The molecule has 5 heteroatoms. The Kier molecular flexibility index (Phi) is 3.99. The molecule has 2 N–H and O–H groups in total. The van der Waals surface area contributed by atoms with E-state index >= 15 is 0 Å². The van der Waals surface area contributed by atoms with Crippen LogP contribution in [0.2, 0.25) is 0 Å². The number of pyridine rings is 1. The molecule has 0 bridgehead atoms. The van der Waals surface area contributed by atoms with Crippen molar-refractivity contribution in [2.75, 3.05) is 17.2 Å². The number of nitrogens with two attached hydrogens (primary N) is 1. The van der Waals surface area contributed by atoms with Crippen LogP contribution in [0.25, 0.3) is 0 Å². The number of nitrogens with zero attached hydrogens (tertiary/aromatic N) is 2. The van der Waals surface area contributed by atoms with E-state index in [2.05, 4.69) is 4.98 Å². The van der Waals surface area contributed by atoms with Crippen molar-refractivity contribution in [1.29, 1.82) is 0 Å². The fraction of sp³-hybridized carbons (Fsp3) is 0.615. The summed E-state index contributed by atoms with van der Waals surface area (Å²) in [7, 11) is 0. The Labute approximate surface area is 106 Å². The summed E-state index contributed by atoms with van der Waals surface area (Å²) in [6.07, 6.45) is 5.60. The van der Waals surface area contributed by atoms with Gasteiger partial charge in [0.15, 0.2) is 23.3 Å². The van der Waals surface area contributed by atoms with Crippen LogP contribution in [-0.2, 0) is 0 Å². The average molecular weight is 255 g/mol. The summed E-state index contributed by atoms with van der Waals surface area (Å²) in [5.41, 5.74) is 5.43. The van der Waals surface area contributed by atoms with E-state index in [9.17, 15) is 8.78 Å². The quantitative estimate of drug-likeness (QED) is 0.902. The molecule has 1 aliphatic carbocycles. The molecule has 100 valence electrons. The number of aromatic nitrogens is 1. The minimum atomic E-state index is -0.795. The highest BCUT2D eigenvalue weighted by molar-refractivity contribution is 5.48. The van der Waals surface area contributed by atoms with Gasteiger partial charge in [-0.3, -0.25) is 0 Å².